The third-order valence-corrected chi connectivity index (χ3v) is 2.85. The van der Waals surface area contributed by atoms with Crippen LogP contribution < -0.4 is 11.1 Å². The van der Waals surface area contributed by atoms with Gasteiger partial charge < -0.3 is 16.2 Å². The van der Waals surface area contributed by atoms with Crippen LogP contribution in [0.1, 0.15) is 42.1 Å². The van der Waals surface area contributed by atoms with Gasteiger partial charge in [0.05, 0.1) is 11.6 Å². The Labute approximate surface area is 112 Å². The highest BCUT2D eigenvalue weighted by atomic mass is 16.4. The Morgan fingerprint density at radius 2 is 2.16 bits per heavy atom. The lowest BCUT2D eigenvalue weighted by Gasteiger charge is -2.11. The van der Waals surface area contributed by atoms with Gasteiger partial charge >= 0.3 is 5.97 Å². The third-order valence-electron chi connectivity index (χ3n) is 2.85. The minimum absolute atomic E-state index is 0.200. The Bertz CT molecular complexity index is 446. The first kappa shape index (κ1) is 15.2. The number of carbonyl (C=O) groups is 2. The first-order chi connectivity index (χ1) is 9.04. The minimum Gasteiger partial charge on any atom is -0.478 e. The Morgan fingerprint density at radius 3 is 2.79 bits per heavy atom. The fourth-order valence-corrected chi connectivity index (χ4v) is 1.69. The molecule has 5 heteroatoms. The summed E-state index contributed by atoms with van der Waals surface area (Å²) in [7, 11) is 0. The second-order valence-electron chi connectivity index (χ2n) is 4.47. The molecule has 1 rings (SSSR count). The van der Waals surface area contributed by atoms with Crippen molar-refractivity contribution in [3.63, 3.8) is 0 Å². The van der Waals surface area contributed by atoms with E-state index in [4.69, 9.17) is 10.8 Å². The topological polar surface area (TPSA) is 92.4 Å². The Kier molecular flexibility index (Phi) is 6.02. The SMILES string of the molecule is CCCCC(N)C(=O)NCc1cccc(C(=O)O)c1. The predicted octanol–water partition coefficient (Wildman–Crippen LogP) is 1.52. The van der Waals surface area contributed by atoms with Gasteiger partial charge in [-0.2, -0.15) is 0 Å². The smallest absolute Gasteiger partial charge is 0.335 e. The van der Waals surface area contributed by atoms with Gasteiger partial charge in [-0.05, 0) is 24.1 Å². The van der Waals surface area contributed by atoms with E-state index in [9.17, 15) is 9.59 Å². The number of rotatable bonds is 7. The molecule has 0 bridgehead atoms. The van der Waals surface area contributed by atoms with Gasteiger partial charge in [0.25, 0.3) is 0 Å². The highest BCUT2D eigenvalue weighted by molar-refractivity contribution is 5.87. The molecule has 0 spiro atoms. The zero-order valence-corrected chi connectivity index (χ0v) is 11.1. The van der Waals surface area contributed by atoms with E-state index in [2.05, 4.69) is 5.32 Å². The maximum Gasteiger partial charge on any atom is 0.335 e. The van der Waals surface area contributed by atoms with Gasteiger partial charge in [0.15, 0.2) is 0 Å². The Hall–Kier alpha value is -1.88. The van der Waals surface area contributed by atoms with E-state index < -0.39 is 12.0 Å². The van der Waals surface area contributed by atoms with Crippen LogP contribution >= 0.6 is 0 Å². The number of nitrogens with two attached hydrogens (primary N) is 1. The number of unbranched alkanes of at least 4 members (excludes halogenated alkanes) is 1. The number of nitrogens with one attached hydrogen (secondary N) is 1. The van der Waals surface area contributed by atoms with Gasteiger partial charge in [0, 0.05) is 6.54 Å². The summed E-state index contributed by atoms with van der Waals surface area (Å²) >= 11 is 0. The second kappa shape index (κ2) is 7.53. The van der Waals surface area contributed by atoms with E-state index in [1.807, 2.05) is 6.92 Å². The molecule has 0 aliphatic carbocycles. The first-order valence-corrected chi connectivity index (χ1v) is 6.40. The predicted molar refractivity (Wildman–Crippen MR) is 72.7 cm³/mol. The normalized spacial score (nSPS) is 11.9. The average Bonchev–Trinajstić information content (AvgIpc) is 2.42. The molecule has 0 aliphatic rings. The van der Waals surface area contributed by atoms with Crippen LogP contribution in [-0.2, 0) is 11.3 Å². The van der Waals surface area contributed by atoms with Gasteiger partial charge in [-0.25, -0.2) is 4.79 Å². The summed E-state index contributed by atoms with van der Waals surface area (Å²) in [5.74, 6) is -1.18. The van der Waals surface area contributed by atoms with Crippen molar-refractivity contribution in [2.75, 3.05) is 0 Å². The average molecular weight is 264 g/mol. The lowest BCUT2D eigenvalue weighted by atomic mass is 10.1. The molecule has 0 heterocycles. The van der Waals surface area contributed by atoms with Crippen LogP contribution in [0.15, 0.2) is 24.3 Å². The van der Waals surface area contributed by atoms with Crippen molar-refractivity contribution in [1.29, 1.82) is 0 Å². The molecule has 0 aromatic heterocycles. The highest BCUT2D eigenvalue weighted by Gasteiger charge is 2.12. The van der Waals surface area contributed by atoms with Gasteiger partial charge in [-0.15, -0.1) is 0 Å². The number of hydrogen-bond acceptors (Lipinski definition) is 3. The van der Waals surface area contributed by atoms with E-state index in [-0.39, 0.29) is 11.5 Å². The zero-order chi connectivity index (χ0) is 14.3. The molecule has 1 amide bonds. The molecule has 5 nitrogen and oxygen atoms in total. The van der Waals surface area contributed by atoms with Crippen molar-refractivity contribution in [3.05, 3.63) is 35.4 Å². The Morgan fingerprint density at radius 1 is 1.42 bits per heavy atom. The van der Waals surface area contributed by atoms with Crippen molar-refractivity contribution in [2.45, 2.75) is 38.8 Å². The molecule has 0 saturated carbocycles. The van der Waals surface area contributed by atoms with Crippen LogP contribution in [0, 0.1) is 0 Å². The minimum atomic E-state index is -0.979. The van der Waals surface area contributed by atoms with Crippen LogP contribution in [0.3, 0.4) is 0 Å². The summed E-state index contributed by atoms with van der Waals surface area (Å²) in [4.78, 5) is 22.5. The van der Waals surface area contributed by atoms with Gasteiger partial charge in [0.2, 0.25) is 5.91 Å². The van der Waals surface area contributed by atoms with Gasteiger partial charge in [-0.3, -0.25) is 4.79 Å². The second-order valence-corrected chi connectivity index (χ2v) is 4.47. The lowest BCUT2D eigenvalue weighted by Crippen LogP contribution is -2.40. The number of benzene rings is 1. The first-order valence-electron chi connectivity index (χ1n) is 6.40. The van der Waals surface area contributed by atoms with E-state index in [1.54, 1.807) is 18.2 Å². The maximum atomic E-state index is 11.7. The molecule has 1 unspecified atom stereocenters. The van der Waals surface area contributed by atoms with Crippen molar-refractivity contribution in [2.24, 2.45) is 5.73 Å². The Balaban J connectivity index is 2.50. The number of carboxylic acids is 1. The van der Waals surface area contributed by atoms with E-state index >= 15 is 0 Å². The summed E-state index contributed by atoms with van der Waals surface area (Å²) < 4.78 is 0. The van der Waals surface area contributed by atoms with Crippen LogP contribution in [-0.4, -0.2) is 23.0 Å². The molecular formula is C14H20N2O3. The molecule has 19 heavy (non-hydrogen) atoms. The number of carbonyl (C=O) groups excluding carboxylic acids is 1. The number of aromatic carboxylic acids is 1. The van der Waals surface area contributed by atoms with E-state index in [0.29, 0.717) is 13.0 Å². The standard InChI is InChI=1S/C14H20N2O3/c1-2-3-7-12(15)13(17)16-9-10-5-4-6-11(8-10)14(18)19/h4-6,8,12H,2-3,7,9,15H2,1H3,(H,16,17)(H,18,19). The molecule has 104 valence electrons. The highest BCUT2D eigenvalue weighted by Crippen LogP contribution is 2.05. The fraction of sp³-hybridized carbons (Fsp3) is 0.429. The van der Waals surface area contributed by atoms with Crippen molar-refractivity contribution >= 4 is 11.9 Å². The lowest BCUT2D eigenvalue weighted by molar-refractivity contribution is -0.122. The van der Waals surface area contributed by atoms with Crippen LogP contribution in [0.4, 0.5) is 0 Å². The van der Waals surface area contributed by atoms with E-state index in [1.165, 1.54) is 6.07 Å². The van der Waals surface area contributed by atoms with Crippen molar-refractivity contribution in [1.82, 2.24) is 5.32 Å². The molecule has 1 aromatic rings. The van der Waals surface area contributed by atoms with Crippen LogP contribution in [0.5, 0.6) is 0 Å². The molecule has 0 saturated heterocycles. The molecule has 1 aromatic carbocycles. The summed E-state index contributed by atoms with van der Waals surface area (Å²) in [5, 5.41) is 11.6. The number of amides is 1. The third kappa shape index (κ3) is 5.09. The molecule has 0 aliphatic heterocycles. The van der Waals surface area contributed by atoms with Crippen LogP contribution in [0.2, 0.25) is 0 Å². The van der Waals surface area contributed by atoms with Crippen LogP contribution in [0.25, 0.3) is 0 Å². The van der Waals surface area contributed by atoms with Crippen molar-refractivity contribution in [3.8, 4) is 0 Å². The number of carboxylic acid groups (broad SMARTS) is 1. The molecule has 0 fully saturated rings. The van der Waals surface area contributed by atoms with E-state index in [0.717, 1.165) is 18.4 Å². The summed E-state index contributed by atoms with van der Waals surface area (Å²) in [6.45, 7) is 2.34. The molecular weight excluding hydrogens is 244 g/mol. The largest absolute Gasteiger partial charge is 0.478 e. The molecule has 4 N–H and O–H groups in total. The maximum absolute atomic E-state index is 11.7. The molecule has 0 radical (unpaired) electrons. The zero-order valence-electron chi connectivity index (χ0n) is 11.1. The van der Waals surface area contributed by atoms with Gasteiger partial charge in [-0.1, -0.05) is 31.9 Å². The molecule has 1 atom stereocenters. The quantitative estimate of drug-likeness (QED) is 0.696. The summed E-state index contributed by atoms with van der Waals surface area (Å²) in [5.41, 5.74) is 6.70. The summed E-state index contributed by atoms with van der Waals surface area (Å²) in [6.07, 6.45) is 2.59. The number of hydrogen-bond donors (Lipinski definition) is 3. The summed E-state index contributed by atoms with van der Waals surface area (Å²) in [6, 6.07) is 5.98. The van der Waals surface area contributed by atoms with Crippen molar-refractivity contribution < 1.29 is 14.7 Å². The monoisotopic (exact) mass is 264 g/mol. The van der Waals surface area contributed by atoms with Gasteiger partial charge in [0.1, 0.15) is 0 Å². The fourth-order valence-electron chi connectivity index (χ4n) is 1.69.